The number of hydrogen-bond acceptors (Lipinski definition) is 2. The first-order valence-electron chi connectivity index (χ1n) is 4.23. The number of hydrogen-bond donors (Lipinski definition) is 1. The minimum Gasteiger partial charge on any atom is -0.392 e. The number of nitrogens with zero attached hydrogens (tertiary/aromatic N) is 1. The number of halogens is 1. The van der Waals surface area contributed by atoms with E-state index in [4.69, 9.17) is 23.1 Å². The van der Waals surface area contributed by atoms with E-state index in [1.165, 1.54) is 0 Å². The van der Waals surface area contributed by atoms with Gasteiger partial charge in [0.1, 0.15) is 0 Å². The van der Waals surface area contributed by atoms with E-state index in [0.29, 0.717) is 11.6 Å². The molecule has 0 fully saturated rings. The SMILES string of the molecule is C#CCN(C)c1c(Cl)cccc1CO. The number of benzene rings is 1. The Morgan fingerprint density at radius 2 is 2.29 bits per heavy atom. The first kappa shape index (κ1) is 10.9. The summed E-state index contributed by atoms with van der Waals surface area (Å²) in [6.07, 6.45) is 5.21. The Morgan fingerprint density at radius 3 is 2.86 bits per heavy atom. The molecule has 1 aromatic rings. The van der Waals surface area contributed by atoms with Crippen LogP contribution in [0.3, 0.4) is 0 Å². The summed E-state index contributed by atoms with van der Waals surface area (Å²) in [6.45, 7) is 0.432. The highest BCUT2D eigenvalue weighted by Gasteiger charge is 2.09. The maximum Gasteiger partial charge on any atom is 0.0789 e. The average molecular weight is 210 g/mol. The van der Waals surface area contributed by atoms with Crippen LogP contribution in [0.2, 0.25) is 5.02 Å². The van der Waals surface area contributed by atoms with Gasteiger partial charge < -0.3 is 10.0 Å². The van der Waals surface area contributed by atoms with Crippen LogP contribution in [0, 0.1) is 12.3 Å². The van der Waals surface area contributed by atoms with E-state index in [0.717, 1.165) is 11.3 Å². The van der Waals surface area contributed by atoms with Crippen molar-refractivity contribution in [3.63, 3.8) is 0 Å². The molecule has 0 heterocycles. The fourth-order valence-electron chi connectivity index (χ4n) is 1.33. The molecule has 0 aliphatic rings. The third kappa shape index (κ3) is 2.20. The summed E-state index contributed by atoms with van der Waals surface area (Å²) in [4.78, 5) is 1.84. The van der Waals surface area contributed by atoms with E-state index in [2.05, 4.69) is 5.92 Å². The molecule has 14 heavy (non-hydrogen) atoms. The van der Waals surface area contributed by atoms with Gasteiger partial charge in [-0.3, -0.25) is 0 Å². The monoisotopic (exact) mass is 209 g/mol. The number of para-hydroxylation sites is 1. The van der Waals surface area contributed by atoms with Crippen LogP contribution >= 0.6 is 11.6 Å². The zero-order valence-corrected chi connectivity index (χ0v) is 8.75. The van der Waals surface area contributed by atoms with Crippen LogP contribution in [0.25, 0.3) is 0 Å². The minimum atomic E-state index is -0.0369. The van der Waals surface area contributed by atoms with Crippen LogP contribution in [0.15, 0.2) is 18.2 Å². The molecule has 2 nitrogen and oxygen atoms in total. The van der Waals surface area contributed by atoms with Crippen molar-refractivity contribution in [2.24, 2.45) is 0 Å². The van der Waals surface area contributed by atoms with Crippen LogP contribution < -0.4 is 4.90 Å². The van der Waals surface area contributed by atoms with Gasteiger partial charge in [0, 0.05) is 12.6 Å². The molecule has 74 valence electrons. The lowest BCUT2D eigenvalue weighted by atomic mass is 10.1. The van der Waals surface area contributed by atoms with Gasteiger partial charge in [-0.1, -0.05) is 29.7 Å². The summed E-state index contributed by atoms with van der Waals surface area (Å²) in [5.41, 5.74) is 1.59. The predicted octanol–water partition coefficient (Wildman–Crippen LogP) is 1.90. The molecule has 0 aromatic heterocycles. The van der Waals surface area contributed by atoms with Crippen molar-refractivity contribution in [1.82, 2.24) is 0 Å². The second-order valence-corrected chi connectivity index (χ2v) is 3.37. The van der Waals surface area contributed by atoms with Crippen molar-refractivity contribution < 1.29 is 5.11 Å². The molecule has 0 aliphatic carbocycles. The number of anilines is 1. The Kier molecular flexibility index (Phi) is 3.82. The second kappa shape index (κ2) is 4.90. The molecular weight excluding hydrogens is 198 g/mol. The van der Waals surface area contributed by atoms with Crippen LogP contribution in [-0.4, -0.2) is 18.7 Å². The standard InChI is InChI=1S/C11H12ClNO/c1-3-7-13(2)11-9(8-14)5-4-6-10(11)12/h1,4-6,14H,7-8H2,2H3. The number of terminal acetylenes is 1. The Labute approximate surface area is 89.1 Å². The third-order valence-electron chi connectivity index (χ3n) is 1.95. The molecule has 1 rings (SSSR count). The molecule has 0 saturated carbocycles. The van der Waals surface area contributed by atoms with Crippen molar-refractivity contribution in [2.45, 2.75) is 6.61 Å². The summed E-state index contributed by atoms with van der Waals surface area (Å²) >= 11 is 6.02. The molecule has 0 radical (unpaired) electrons. The van der Waals surface area contributed by atoms with Crippen molar-refractivity contribution in [3.05, 3.63) is 28.8 Å². The maximum atomic E-state index is 9.12. The Hall–Kier alpha value is -1.17. The van der Waals surface area contributed by atoms with Crippen LogP contribution in [0.1, 0.15) is 5.56 Å². The second-order valence-electron chi connectivity index (χ2n) is 2.97. The molecule has 1 aromatic carbocycles. The molecule has 1 N–H and O–H groups in total. The van der Waals surface area contributed by atoms with E-state index in [-0.39, 0.29) is 6.61 Å². The fourth-order valence-corrected chi connectivity index (χ4v) is 1.67. The molecule has 0 aliphatic heterocycles. The summed E-state index contributed by atoms with van der Waals surface area (Å²) in [6, 6.07) is 5.42. The van der Waals surface area contributed by atoms with Gasteiger partial charge in [-0.15, -0.1) is 6.42 Å². The quantitative estimate of drug-likeness (QED) is 0.769. The van der Waals surface area contributed by atoms with Gasteiger partial charge in [0.25, 0.3) is 0 Å². The largest absolute Gasteiger partial charge is 0.392 e. The molecule has 0 unspecified atom stereocenters. The minimum absolute atomic E-state index is 0.0369. The van der Waals surface area contributed by atoms with Gasteiger partial charge >= 0.3 is 0 Å². The number of aliphatic hydroxyl groups excluding tert-OH is 1. The smallest absolute Gasteiger partial charge is 0.0789 e. The van der Waals surface area contributed by atoms with Gasteiger partial charge in [0.2, 0.25) is 0 Å². The van der Waals surface area contributed by atoms with Crippen molar-refractivity contribution in [3.8, 4) is 12.3 Å². The van der Waals surface area contributed by atoms with Crippen LogP contribution in [0.5, 0.6) is 0 Å². The highest BCUT2D eigenvalue weighted by molar-refractivity contribution is 6.33. The normalized spacial score (nSPS) is 9.57. The van der Waals surface area contributed by atoms with E-state index >= 15 is 0 Å². The lowest BCUT2D eigenvalue weighted by Crippen LogP contribution is -2.19. The van der Waals surface area contributed by atoms with Gasteiger partial charge in [0.15, 0.2) is 0 Å². The molecule has 0 saturated heterocycles. The number of aliphatic hydroxyl groups is 1. The molecule has 3 heteroatoms. The predicted molar refractivity (Wildman–Crippen MR) is 59.5 cm³/mol. The first-order valence-corrected chi connectivity index (χ1v) is 4.61. The van der Waals surface area contributed by atoms with Gasteiger partial charge in [0.05, 0.1) is 23.9 Å². The Morgan fingerprint density at radius 1 is 1.57 bits per heavy atom. The average Bonchev–Trinajstić information content (AvgIpc) is 2.17. The molecular formula is C11H12ClNO. The van der Waals surface area contributed by atoms with Crippen molar-refractivity contribution in [1.29, 1.82) is 0 Å². The highest BCUT2D eigenvalue weighted by atomic mass is 35.5. The lowest BCUT2D eigenvalue weighted by Gasteiger charge is -2.20. The van der Waals surface area contributed by atoms with E-state index < -0.39 is 0 Å². The van der Waals surface area contributed by atoms with Crippen LogP contribution in [0.4, 0.5) is 5.69 Å². The lowest BCUT2D eigenvalue weighted by molar-refractivity contribution is 0.282. The zero-order valence-electron chi connectivity index (χ0n) is 8.00. The first-order chi connectivity index (χ1) is 6.70. The number of rotatable bonds is 3. The fraction of sp³-hybridized carbons (Fsp3) is 0.273. The highest BCUT2D eigenvalue weighted by Crippen LogP contribution is 2.28. The third-order valence-corrected chi connectivity index (χ3v) is 2.26. The Balaban J connectivity index is 3.11. The molecule has 0 atom stereocenters. The van der Waals surface area contributed by atoms with E-state index in [1.807, 2.05) is 18.0 Å². The molecule has 0 bridgehead atoms. The summed E-state index contributed by atoms with van der Waals surface area (Å²) in [7, 11) is 1.85. The molecule has 0 amide bonds. The Bertz CT molecular complexity index is 357. The van der Waals surface area contributed by atoms with Gasteiger partial charge in [-0.25, -0.2) is 0 Å². The van der Waals surface area contributed by atoms with Crippen molar-refractivity contribution >= 4 is 17.3 Å². The van der Waals surface area contributed by atoms with Crippen LogP contribution in [-0.2, 0) is 6.61 Å². The summed E-state index contributed by atoms with van der Waals surface area (Å²) < 4.78 is 0. The van der Waals surface area contributed by atoms with E-state index in [9.17, 15) is 0 Å². The summed E-state index contributed by atoms with van der Waals surface area (Å²) in [5, 5.41) is 9.73. The van der Waals surface area contributed by atoms with Crippen molar-refractivity contribution in [2.75, 3.05) is 18.5 Å². The van der Waals surface area contributed by atoms with E-state index in [1.54, 1.807) is 12.1 Å². The maximum absolute atomic E-state index is 9.12. The zero-order chi connectivity index (χ0) is 10.6. The van der Waals surface area contributed by atoms with Gasteiger partial charge in [-0.05, 0) is 6.07 Å². The summed E-state index contributed by atoms with van der Waals surface area (Å²) in [5.74, 6) is 2.53. The molecule has 0 spiro atoms. The topological polar surface area (TPSA) is 23.5 Å². The van der Waals surface area contributed by atoms with Gasteiger partial charge in [-0.2, -0.15) is 0 Å².